The molecule has 1 amide bonds. The van der Waals surface area contributed by atoms with Crippen molar-refractivity contribution in [3.8, 4) is 0 Å². The average Bonchev–Trinajstić information content (AvgIpc) is 2.11. The number of nitrogens with two attached hydrogens (primary N) is 1. The van der Waals surface area contributed by atoms with E-state index < -0.39 is 0 Å². The fraction of sp³-hybridized carbons (Fsp3) is 0.889. The number of nitrogens with one attached hydrogen (secondary N) is 1. The zero-order chi connectivity index (χ0) is 9.56. The van der Waals surface area contributed by atoms with Crippen molar-refractivity contribution >= 4 is 5.91 Å². The molecule has 3 heteroatoms. The number of rotatable bonds is 5. The van der Waals surface area contributed by atoms with Crippen LogP contribution in [0.15, 0.2) is 0 Å². The molecule has 3 N–H and O–H groups in total. The van der Waals surface area contributed by atoms with Crippen LogP contribution in [-0.4, -0.2) is 18.5 Å². The van der Waals surface area contributed by atoms with Crippen molar-refractivity contribution < 1.29 is 4.79 Å². The number of carbonyl (C=O) groups is 1. The minimum absolute atomic E-state index is 0.0220. The van der Waals surface area contributed by atoms with Gasteiger partial charge in [-0.3, -0.25) is 4.79 Å². The average molecular weight is 172 g/mol. The highest BCUT2D eigenvalue weighted by atomic mass is 16.2. The molecule has 0 rings (SSSR count). The zero-order valence-electron chi connectivity index (χ0n) is 8.26. The van der Waals surface area contributed by atoms with Gasteiger partial charge >= 0.3 is 0 Å². The molecule has 12 heavy (non-hydrogen) atoms. The summed E-state index contributed by atoms with van der Waals surface area (Å²) in [4.78, 5) is 11.3. The highest BCUT2D eigenvalue weighted by Gasteiger charge is 2.18. The van der Waals surface area contributed by atoms with Gasteiger partial charge in [-0.25, -0.2) is 0 Å². The normalized spacial score (nSPS) is 15.3. The number of hydrogen-bond acceptors (Lipinski definition) is 2. The van der Waals surface area contributed by atoms with E-state index >= 15 is 0 Å². The SMILES string of the molecule is CCCNC(=O)C(N)C(C)CC. The van der Waals surface area contributed by atoms with Gasteiger partial charge in [0.05, 0.1) is 6.04 Å². The second-order valence-corrected chi connectivity index (χ2v) is 3.20. The van der Waals surface area contributed by atoms with Crippen LogP contribution in [0.2, 0.25) is 0 Å². The van der Waals surface area contributed by atoms with E-state index in [1.54, 1.807) is 0 Å². The van der Waals surface area contributed by atoms with Crippen LogP contribution >= 0.6 is 0 Å². The van der Waals surface area contributed by atoms with Gasteiger partial charge in [-0.15, -0.1) is 0 Å². The Labute approximate surface area is 74.7 Å². The summed E-state index contributed by atoms with van der Waals surface area (Å²) in [6.07, 6.45) is 1.90. The molecule has 0 bridgehead atoms. The molecule has 72 valence electrons. The first-order valence-corrected chi connectivity index (χ1v) is 4.66. The van der Waals surface area contributed by atoms with E-state index in [2.05, 4.69) is 5.32 Å². The quantitative estimate of drug-likeness (QED) is 0.647. The molecule has 3 nitrogen and oxygen atoms in total. The molecule has 0 aliphatic carbocycles. The van der Waals surface area contributed by atoms with E-state index in [-0.39, 0.29) is 17.9 Å². The Kier molecular flexibility index (Phi) is 5.72. The van der Waals surface area contributed by atoms with Crippen molar-refractivity contribution in [3.63, 3.8) is 0 Å². The van der Waals surface area contributed by atoms with E-state index in [0.717, 1.165) is 19.4 Å². The Balaban J connectivity index is 3.75. The summed E-state index contributed by atoms with van der Waals surface area (Å²) >= 11 is 0. The number of amides is 1. The number of hydrogen-bond donors (Lipinski definition) is 2. The van der Waals surface area contributed by atoms with Gasteiger partial charge in [-0.05, 0) is 12.3 Å². The Morgan fingerprint density at radius 3 is 2.50 bits per heavy atom. The van der Waals surface area contributed by atoms with Crippen molar-refractivity contribution in [3.05, 3.63) is 0 Å². The lowest BCUT2D eigenvalue weighted by Gasteiger charge is -2.17. The lowest BCUT2D eigenvalue weighted by Crippen LogP contribution is -2.44. The summed E-state index contributed by atoms with van der Waals surface area (Å²) in [5.74, 6) is 0.244. The second-order valence-electron chi connectivity index (χ2n) is 3.20. The van der Waals surface area contributed by atoms with E-state index in [0.29, 0.717) is 0 Å². The first-order chi connectivity index (χ1) is 5.63. The van der Waals surface area contributed by atoms with Gasteiger partial charge in [0.25, 0.3) is 0 Å². The molecule has 0 fully saturated rings. The summed E-state index contributed by atoms with van der Waals surface area (Å²) in [5.41, 5.74) is 5.70. The van der Waals surface area contributed by atoms with Crippen molar-refractivity contribution in [2.75, 3.05) is 6.54 Å². The highest BCUT2D eigenvalue weighted by Crippen LogP contribution is 2.04. The third-order valence-electron chi connectivity index (χ3n) is 2.11. The molecule has 0 radical (unpaired) electrons. The van der Waals surface area contributed by atoms with E-state index in [1.807, 2.05) is 20.8 Å². The third kappa shape index (κ3) is 3.72. The van der Waals surface area contributed by atoms with E-state index in [4.69, 9.17) is 5.73 Å². The summed E-state index contributed by atoms with van der Waals surface area (Å²) in [5, 5.41) is 2.78. The van der Waals surface area contributed by atoms with Crippen LogP contribution in [0, 0.1) is 5.92 Å². The predicted molar refractivity (Wildman–Crippen MR) is 50.7 cm³/mol. The van der Waals surface area contributed by atoms with Crippen molar-refractivity contribution in [1.29, 1.82) is 0 Å². The lowest BCUT2D eigenvalue weighted by atomic mass is 9.99. The first kappa shape index (κ1) is 11.4. The second kappa shape index (κ2) is 6.00. The summed E-state index contributed by atoms with van der Waals surface area (Å²) in [7, 11) is 0. The summed E-state index contributed by atoms with van der Waals surface area (Å²) < 4.78 is 0. The van der Waals surface area contributed by atoms with Crippen LogP contribution in [0.1, 0.15) is 33.6 Å². The van der Waals surface area contributed by atoms with Gasteiger partial charge < -0.3 is 11.1 Å². The largest absolute Gasteiger partial charge is 0.355 e. The van der Waals surface area contributed by atoms with Crippen LogP contribution in [0.25, 0.3) is 0 Å². The maximum Gasteiger partial charge on any atom is 0.237 e. The molecule has 0 aromatic carbocycles. The fourth-order valence-corrected chi connectivity index (χ4v) is 0.878. The lowest BCUT2D eigenvalue weighted by molar-refractivity contribution is -0.123. The highest BCUT2D eigenvalue weighted by molar-refractivity contribution is 5.81. The van der Waals surface area contributed by atoms with Crippen LogP contribution in [0.4, 0.5) is 0 Å². The molecule has 0 aliphatic rings. The molecular formula is C9H20N2O. The maximum absolute atomic E-state index is 11.3. The first-order valence-electron chi connectivity index (χ1n) is 4.66. The van der Waals surface area contributed by atoms with Crippen LogP contribution in [-0.2, 0) is 4.79 Å². The Morgan fingerprint density at radius 1 is 1.50 bits per heavy atom. The van der Waals surface area contributed by atoms with Crippen molar-refractivity contribution in [2.45, 2.75) is 39.7 Å². The van der Waals surface area contributed by atoms with Crippen molar-refractivity contribution in [2.24, 2.45) is 11.7 Å². The zero-order valence-corrected chi connectivity index (χ0v) is 8.26. The summed E-state index contributed by atoms with van der Waals surface area (Å²) in [6.45, 7) is 6.78. The topological polar surface area (TPSA) is 55.1 Å². The molecule has 0 aromatic rings. The summed E-state index contributed by atoms with van der Waals surface area (Å²) in [6, 6.07) is -0.346. The van der Waals surface area contributed by atoms with Crippen molar-refractivity contribution in [1.82, 2.24) is 5.32 Å². The van der Waals surface area contributed by atoms with E-state index in [9.17, 15) is 4.79 Å². The van der Waals surface area contributed by atoms with Gasteiger partial charge in [-0.1, -0.05) is 27.2 Å². The minimum Gasteiger partial charge on any atom is -0.355 e. The molecule has 0 aromatic heterocycles. The molecule has 0 saturated carbocycles. The van der Waals surface area contributed by atoms with Crippen LogP contribution < -0.4 is 11.1 Å². The van der Waals surface area contributed by atoms with Gasteiger partial charge in [0.1, 0.15) is 0 Å². The van der Waals surface area contributed by atoms with Gasteiger partial charge in [0.15, 0.2) is 0 Å². The predicted octanol–water partition coefficient (Wildman–Crippen LogP) is 0.886. The van der Waals surface area contributed by atoms with E-state index in [1.165, 1.54) is 0 Å². The molecule has 0 aliphatic heterocycles. The van der Waals surface area contributed by atoms with Gasteiger partial charge in [0.2, 0.25) is 5.91 Å². The Bertz CT molecular complexity index is 136. The van der Waals surface area contributed by atoms with Gasteiger partial charge in [0, 0.05) is 6.54 Å². The smallest absolute Gasteiger partial charge is 0.237 e. The molecule has 0 spiro atoms. The van der Waals surface area contributed by atoms with Gasteiger partial charge in [-0.2, -0.15) is 0 Å². The number of carbonyl (C=O) groups excluding carboxylic acids is 1. The molecular weight excluding hydrogens is 152 g/mol. The molecule has 2 atom stereocenters. The van der Waals surface area contributed by atoms with Crippen LogP contribution in [0.3, 0.4) is 0 Å². The standard InChI is InChI=1S/C9H20N2O/c1-4-6-11-9(12)8(10)7(3)5-2/h7-8H,4-6,10H2,1-3H3,(H,11,12). The Hall–Kier alpha value is -0.570. The maximum atomic E-state index is 11.3. The molecule has 2 unspecified atom stereocenters. The van der Waals surface area contributed by atoms with Crippen LogP contribution in [0.5, 0.6) is 0 Å². The fourth-order valence-electron chi connectivity index (χ4n) is 0.878. The minimum atomic E-state index is -0.346. The Morgan fingerprint density at radius 2 is 2.08 bits per heavy atom. The molecule has 0 saturated heterocycles. The monoisotopic (exact) mass is 172 g/mol. The third-order valence-corrected chi connectivity index (χ3v) is 2.11. The molecule has 0 heterocycles.